The second-order valence-corrected chi connectivity index (χ2v) is 6.55. The number of pyridine rings is 1. The molecule has 3 rings (SSSR count). The van der Waals surface area contributed by atoms with Crippen molar-refractivity contribution in [2.24, 2.45) is 0 Å². The Morgan fingerprint density at radius 2 is 1.81 bits per heavy atom. The number of aromatic nitrogens is 1. The topological polar surface area (TPSA) is 82.3 Å². The Hall–Kier alpha value is -2.41. The minimum Gasteiger partial charge on any atom is -0.419 e. The smallest absolute Gasteiger partial charge is 0.345 e. The van der Waals surface area contributed by atoms with Crippen molar-refractivity contribution in [3.05, 3.63) is 72.8 Å². The van der Waals surface area contributed by atoms with E-state index in [0.717, 1.165) is 12.1 Å². The lowest BCUT2D eigenvalue weighted by Gasteiger charge is -2.11. The van der Waals surface area contributed by atoms with Crippen molar-refractivity contribution >= 4 is 57.4 Å². The summed E-state index contributed by atoms with van der Waals surface area (Å²) in [5.41, 5.74) is 0.735. The van der Waals surface area contributed by atoms with Crippen molar-refractivity contribution in [2.45, 2.75) is 6.92 Å². The lowest BCUT2D eigenvalue weighted by Crippen LogP contribution is -2.10. The van der Waals surface area contributed by atoms with Gasteiger partial charge < -0.3 is 4.74 Å². The molecular weight excluding hydrogens is 403 g/mol. The number of carbonyl (C=O) groups excluding carboxylic acids is 1. The molecule has 3 aromatic rings. The molecule has 0 aliphatic heterocycles. The van der Waals surface area contributed by atoms with Crippen molar-refractivity contribution < 1.29 is 14.5 Å². The molecule has 0 N–H and O–H groups in total. The minimum absolute atomic E-state index is 0.0363. The van der Waals surface area contributed by atoms with Crippen LogP contribution in [-0.2, 0) is 0 Å². The van der Waals surface area contributed by atoms with Crippen molar-refractivity contribution in [1.29, 1.82) is 0 Å². The number of aryl methyl sites for hydroxylation is 1. The van der Waals surface area contributed by atoms with Gasteiger partial charge in [0.25, 0.3) is 5.69 Å². The molecule has 132 valence electrons. The molecule has 0 unspecified atom stereocenters. The summed E-state index contributed by atoms with van der Waals surface area (Å²) in [5, 5.41) is 11.7. The van der Waals surface area contributed by atoms with E-state index in [1.165, 1.54) is 12.1 Å². The first kappa shape index (κ1) is 18.4. The Bertz CT molecular complexity index is 1070. The SMILES string of the molecule is Cc1ccc2c(Cl)cc(Cl)c(OC(=O)c3ccc([N+](=O)[O-])cc3Cl)c2n1. The number of hydrogen-bond acceptors (Lipinski definition) is 5. The second kappa shape index (κ2) is 7.07. The summed E-state index contributed by atoms with van der Waals surface area (Å²) in [4.78, 5) is 27.0. The van der Waals surface area contributed by atoms with Gasteiger partial charge in [-0.2, -0.15) is 0 Å². The number of ether oxygens (including phenoxy) is 1. The van der Waals surface area contributed by atoms with Crippen LogP contribution >= 0.6 is 34.8 Å². The predicted molar refractivity (Wildman–Crippen MR) is 99.6 cm³/mol. The molecule has 0 spiro atoms. The fourth-order valence-corrected chi connectivity index (χ4v) is 3.12. The molecule has 0 saturated carbocycles. The summed E-state index contributed by atoms with van der Waals surface area (Å²) in [6, 6.07) is 8.40. The quantitative estimate of drug-likeness (QED) is 0.241. The zero-order valence-electron chi connectivity index (χ0n) is 13.1. The van der Waals surface area contributed by atoms with Gasteiger partial charge in [-0.3, -0.25) is 10.1 Å². The summed E-state index contributed by atoms with van der Waals surface area (Å²) in [7, 11) is 0. The average molecular weight is 412 g/mol. The van der Waals surface area contributed by atoms with Crippen LogP contribution in [-0.4, -0.2) is 15.9 Å². The summed E-state index contributed by atoms with van der Waals surface area (Å²) in [6.45, 7) is 1.77. The highest BCUT2D eigenvalue weighted by atomic mass is 35.5. The number of halogens is 3. The van der Waals surface area contributed by atoms with E-state index in [9.17, 15) is 14.9 Å². The molecule has 0 aliphatic rings. The summed E-state index contributed by atoms with van der Waals surface area (Å²) >= 11 is 18.3. The minimum atomic E-state index is -0.821. The highest BCUT2D eigenvalue weighted by Crippen LogP contribution is 2.38. The number of rotatable bonds is 3. The molecule has 9 heteroatoms. The van der Waals surface area contributed by atoms with E-state index in [0.29, 0.717) is 21.6 Å². The van der Waals surface area contributed by atoms with E-state index in [-0.39, 0.29) is 27.0 Å². The average Bonchev–Trinajstić information content (AvgIpc) is 2.57. The van der Waals surface area contributed by atoms with Crippen LogP contribution in [0, 0.1) is 17.0 Å². The van der Waals surface area contributed by atoms with Crippen LogP contribution < -0.4 is 4.74 Å². The largest absolute Gasteiger partial charge is 0.419 e. The van der Waals surface area contributed by atoms with Crippen LogP contribution in [0.5, 0.6) is 5.75 Å². The first-order valence-corrected chi connectivity index (χ1v) is 8.33. The molecule has 1 aromatic heterocycles. The van der Waals surface area contributed by atoms with Gasteiger partial charge >= 0.3 is 5.97 Å². The summed E-state index contributed by atoms with van der Waals surface area (Å²) < 4.78 is 5.39. The van der Waals surface area contributed by atoms with Gasteiger partial charge in [0.15, 0.2) is 5.75 Å². The molecule has 0 atom stereocenters. The molecule has 0 bridgehead atoms. The van der Waals surface area contributed by atoms with E-state index < -0.39 is 10.9 Å². The fourth-order valence-electron chi connectivity index (χ4n) is 2.32. The zero-order valence-corrected chi connectivity index (χ0v) is 15.4. The highest BCUT2D eigenvalue weighted by molar-refractivity contribution is 6.40. The van der Waals surface area contributed by atoms with Gasteiger partial charge in [-0.05, 0) is 31.2 Å². The van der Waals surface area contributed by atoms with Crippen LogP contribution in [0.1, 0.15) is 16.1 Å². The molecule has 0 aliphatic carbocycles. The molecule has 2 aromatic carbocycles. The van der Waals surface area contributed by atoms with E-state index >= 15 is 0 Å². The van der Waals surface area contributed by atoms with Crippen molar-refractivity contribution in [3.8, 4) is 5.75 Å². The molecule has 0 amide bonds. The maximum absolute atomic E-state index is 12.5. The zero-order chi connectivity index (χ0) is 19.0. The Labute approximate surface area is 162 Å². The third kappa shape index (κ3) is 3.44. The number of non-ortho nitro benzene ring substituents is 1. The van der Waals surface area contributed by atoms with Gasteiger partial charge in [0.05, 0.1) is 25.6 Å². The first-order chi connectivity index (χ1) is 12.3. The highest BCUT2D eigenvalue weighted by Gasteiger charge is 2.21. The Balaban J connectivity index is 2.05. The van der Waals surface area contributed by atoms with Crippen LogP contribution in [0.15, 0.2) is 36.4 Å². The number of nitro groups is 1. The predicted octanol–water partition coefficient (Wildman–Crippen LogP) is 5.63. The number of nitrogens with zero attached hydrogens (tertiary/aromatic N) is 2. The second-order valence-electron chi connectivity index (χ2n) is 5.33. The normalized spacial score (nSPS) is 10.8. The van der Waals surface area contributed by atoms with Gasteiger partial charge in [0.1, 0.15) is 5.52 Å². The molecular formula is C17H9Cl3N2O4. The molecule has 0 fully saturated rings. The van der Waals surface area contributed by atoms with Crippen molar-refractivity contribution in [3.63, 3.8) is 0 Å². The van der Waals surface area contributed by atoms with Crippen molar-refractivity contribution in [2.75, 3.05) is 0 Å². The standard InChI is InChI=1S/C17H9Cl3N2O4/c1-8-2-4-10-13(19)7-14(20)16(15(10)21-8)26-17(23)11-5-3-9(22(24)25)6-12(11)18/h2-7H,1H3. The lowest BCUT2D eigenvalue weighted by molar-refractivity contribution is -0.384. The molecule has 6 nitrogen and oxygen atoms in total. The molecule has 0 radical (unpaired) electrons. The van der Waals surface area contributed by atoms with Crippen LogP contribution in [0.25, 0.3) is 10.9 Å². The number of esters is 1. The van der Waals surface area contributed by atoms with Crippen molar-refractivity contribution in [1.82, 2.24) is 4.98 Å². The Morgan fingerprint density at radius 1 is 1.08 bits per heavy atom. The Morgan fingerprint density at radius 3 is 2.46 bits per heavy atom. The first-order valence-electron chi connectivity index (χ1n) is 7.19. The van der Waals surface area contributed by atoms with Gasteiger partial charge in [0, 0.05) is 23.2 Å². The van der Waals surface area contributed by atoms with Crippen LogP contribution in [0.2, 0.25) is 15.1 Å². The number of hydrogen-bond donors (Lipinski definition) is 0. The Kier molecular flexibility index (Phi) is 5.00. The summed E-state index contributed by atoms with van der Waals surface area (Å²) in [6.07, 6.45) is 0. The van der Waals surface area contributed by atoms with Crippen LogP contribution in [0.3, 0.4) is 0 Å². The number of carbonyl (C=O) groups is 1. The van der Waals surface area contributed by atoms with Gasteiger partial charge in [-0.25, -0.2) is 9.78 Å². The molecule has 26 heavy (non-hydrogen) atoms. The fraction of sp³-hybridized carbons (Fsp3) is 0.0588. The molecule has 1 heterocycles. The third-order valence-corrected chi connectivity index (χ3v) is 4.46. The number of fused-ring (bicyclic) bond motifs is 1. The maximum atomic E-state index is 12.5. The third-order valence-electron chi connectivity index (χ3n) is 3.56. The van der Waals surface area contributed by atoms with E-state index in [4.69, 9.17) is 39.5 Å². The van der Waals surface area contributed by atoms with E-state index in [1.807, 2.05) is 0 Å². The van der Waals surface area contributed by atoms with Gasteiger partial charge in [0.2, 0.25) is 0 Å². The van der Waals surface area contributed by atoms with Gasteiger partial charge in [-0.15, -0.1) is 0 Å². The monoisotopic (exact) mass is 410 g/mol. The number of nitro benzene ring substituents is 1. The lowest BCUT2D eigenvalue weighted by atomic mass is 10.1. The molecule has 0 saturated heterocycles. The van der Waals surface area contributed by atoms with Crippen LogP contribution in [0.4, 0.5) is 5.69 Å². The maximum Gasteiger partial charge on any atom is 0.345 e. The van der Waals surface area contributed by atoms with E-state index in [2.05, 4.69) is 4.98 Å². The summed E-state index contributed by atoms with van der Waals surface area (Å²) in [5.74, 6) is -0.784. The number of benzene rings is 2. The van der Waals surface area contributed by atoms with Gasteiger partial charge in [-0.1, -0.05) is 34.8 Å². The van der Waals surface area contributed by atoms with E-state index in [1.54, 1.807) is 19.1 Å².